The first-order valence-corrected chi connectivity index (χ1v) is 5.73. The van der Waals surface area contributed by atoms with Crippen LogP contribution < -0.4 is 0 Å². The van der Waals surface area contributed by atoms with Crippen LogP contribution in [0.15, 0.2) is 0 Å². The number of fused-ring (bicyclic) bond motifs is 1. The van der Waals surface area contributed by atoms with Gasteiger partial charge in [-0.05, 0) is 12.3 Å². The van der Waals surface area contributed by atoms with Crippen molar-refractivity contribution in [3.05, 3.63) is 0 Å². The Morgan fingerprint density at radius 1 is 1.47 bits per heavy atom. The van der Waals surface area contributed by atoms with Gasteiger partial charge in [0.05, 0.1) is 12.6 Å². The van der Waals surface area contributed by atoms with Gasteiger partial charge < -0.3 is 9.64 Å². The summed E-state index contributed by atoms with van der Waals surface area (Å²) < 4.78 is 5.85. The van der Waals surface area contributed by atoms with E-state index < -0.39 is 0 Å². The van der Waals surface area contributed by atoms with Gasteiger partial charge in [-0.1, -0.05) is 27.7 Å². The zero-order valence-corrected chi connectivity index (χ0v) is 10.3. The number of carbonyl (C=O) groups is 1. The van der Waals surface area contributed by atoms with E-state index in [-0.39, 0.29) is 29.0 Å². The molecule has 0 aromatic carbocycles. The lowest BCUT2D eigenvalue weighted by Crippen LogP contribution is -2.48. The minimum Gasteiger partial charge on any atom is -0.354 e. The predicted octanol–water partition coefficient (Wildman–Crippen LogP) is 2.02. The van der Waals surface area contributed by atoms with Gasteiger partial charge in [-0.3, -0.25) is 4.79 Å². The van der Waals surface area contributed by atoms with Crippen LogP contribution in [0.1, 0.15) is 41.0 Å². The third-order valence-electron chi connectivity index (χ3n) is 3.72. The first kappa shape index (κ1) is 10.9. The van der Waals surface area contributed by atoms with E-state index in [4.69, 9.17) is 4.74 Å². The molecule has 2 rings (SSSR count). The number of ether oxygens (including phenoxy) is 1. The molecule has 0 aromatic rings. The number of hydrogen-bond donors (Lipinski definition) is 0. The van der Waals surface area contributed by atoms with Crippen molar-refractivity contribution in [1.29, 1.82) is 0 Å². The predicted molar refractivity (Wildman–Crippen MR) is 58.2 cm³/mol. The largest absolute Gasteiger partial charge is 0.354 e. The Balaban J connectivity index is 2.32. The minimum absolute atomic E-state index is 0.0947. The second kappa shape index (κ2) is 2.97. The molecule has 0 bridgehead atoms. The molecule has 15 heavy (non-hydrogen) atoms. The fourth-order valence-electron chi connectivity index (χ4n) is 2.81. The maximum atomic E-state index is 12.1. The lowest BCUT2D eigenvalue weighted by molar-refractivity contribution is -0.140. The van der Waals surface area contributed by atoms with Gasteiger partial charge in [0.25, 0.3) is 0 Å². The Bertz CT molecular complexity index is 294. The summed E-state index contributed by atoms with van der Waals surface area (Å²) in [4.78, 5) is 14.1. The van der Waals surface area contributed by atoms with E-state index in [0.29, 0.717) is 6.61 Å². The molecule has 1 unspecified atom stereocenters. The lowest BCUT2D eigenvalue weighted by Gasteiger charge is -2.36. The molecule has 2 saturated heterocycles. The summed E-state index contributed by atoms with van der Waals surface area (Å²) in [6, 6.07) is 0.222. The lowest BCUT2D eigenvalue weighted by atomic mass is 9.86. The third kappa shape index (κ3) is 1.48. The molecule has 0 N–H and O–H groups in total. The Morgan fingerprint density at radius 3 is 2.60 bits per heavy atom. The van der Waals surface area contributed by atoms with Crippen LogP contribution in [0.4, 0.5) is 0 Å². The zero-order valence-electron chi connectivity index (χ0n) is 10.3. The molecular weight excluding hydrogens is 190 g/mol. The molecule has 0 saturated carbocycles. The van der Waals surface area contributed by atoms with Crippen molar-refractivity contribution in [2.24, 2.45) is 11.3 Å². The highest BCUT2D eigenvalue weighted by molar-refractivity contribution is 5.82. The van der Waals surface area contributed by atoms with Crippen LogP contribution in [0.5, 0.6) is 0 Å². The summed E-state index contributed by atoms with van der Waals surface area (Å²) in [5, 5.41) is 0. The second-order valence-electron chi connectivity index (χ2n) is 6.18. The van der Waals surface area contributed by atoms with Crippen molar-refractivity contribution in [3.8, 4) is 0 Å². The standard InChI is InChI=1S/C12H21NO2/c1-8-6-12(5)13(10(8)14)9(7-15-12)11(2,3)4/h8-9H,6-7H2,1-5H3/t8?,9-,12-/m1/s1. The molecule has 0 spiro atoms. The van der Waals surface area contributed by atoms with Crippen LogP contribution in [0, 0.1) is 11.3 Å². The van der Waals surface area contributed by atoms with Crippen LogP contribution in [-0.4, -0.2) is 29.2 Å². The van der Waals surface area contributed by atoms with Crippen LogP contribution in [0.25, 0.3) is 0 Å². The maximum Gasteiger partial charge on any atom is 0.228 e. The van der Waals surface area contributed by atoms with E-state index in [0.717, 1.165) is 6.42 Å². The van der Waals surface area contributed by atoms with Gasteiger partial charge in [-0.25, -0.2) is 0 Å². The van der Waals surface area contributed by atoms with Crippen molar-refractivity contribution in [2.45, 2.75) is 52.8 Å². The van der Waals surface area contributed by atoms with Gasteiger partial charge in [0.1, 0.15) is 5.72 Å². The normalized spacial score (nSPS) is 41.1. The molecule has 0 radical (unpaired) electrons. The first-order chi connectivity index (χ1) is 6.76. The molecule has 2 aliphatic heterocycles. The van der Waals surface area contributed by atoms with E-state index >= 15 is 0 Å². The Kier molecular flexibility index (Phi) is 2.16. The molecule has 2 heterocycles. The Labute approximate surface area is 91.8 Å². The third-order valence-corrected chi connectivity index (χ3v) is 3.72. The van der Waals surface area contributed by atoms with Crippen molar-refractivity contribution in [1.82, 2.24) is 4.90 Å². The monoisotopic (exact) mass is 211 g/mol. The molecule has 0 aromatic heterocycles. The molecule has 0 aliphatic carbocycles. The number of nitrogens with zero attached hydrogens (tertiary/aromatic N) is 1. The Morgan fingerprint density at radius 2 is 2.07 bits per heavy atom. The van der Waals surface area contributed by atoms with Crippen LogP contribution in [-0.2, 0) is 9.53 Å². The summed E-state index contributed by atoms with van der Waals surface area (Å²) >= 11 is 0. The van der Waals surface area contributed by atoms with Crippen LogP contribution >= 0.6 is 0 Å². The molecule has 3 atom stereocenters. The molecule has 1 amide bonds. The van der Waals surface area contributed by atoms with Crippen LogP contribution in [0.2, 0.25) is 0 Å². The summed E-state index contributed by atoms with van der Waals surface area (Å²) in [7, 11) is 0. The highest BCUT2D eigenvalue weighted by Gasteiger charge is 2.56. The van der Waals surface area contributed by atoms with E-state index in [2.05, 4.69) is 20.8 Å². The van der Waals surface area contributed by atoms with E-state index in [1.54, 1.807) is 0 Å². The average Bonchev–Trinajstić information content (AvgIpc) is 2.48. The van der Waals surface area contributed by atoms with Gasteiger partial charge in [0, 0.05) is 12.3 Å². The van der Waals surface area contributed by atoms with Gasteiger partial charge in [-0.15, -0.1) is 0 Å². The molecule has 2 aliphatic rings. The summed E-state index contributed by atoms with van der Waals surface area (Å²) in [6.45, 7) is 11.2. The molecule has 3 heteroatoms. The first-order valence-electron chi connectivity index (χ1n) is 5.73. The summed E-state index contributed by atoms with van der Waals surface area (Å²) in [5.74, 6) is 0.370. The number of carbonyl (C=O) groups excluding carboxylic acids is 1. The zero-order chi connectivity index (χ0) is 11.4. The Hall–Kier alpha value is -0.570. The SMILES string of the molecule is CC1C[C@@]2(C)OC[C@H](C(C)(C)C)N2C1=O. The average molecular weight is 211 g/mol. The fraction of sp³-hybridized carbons (Fsp3) is 0.917. The van der Waals surface area contributed by atoms with E-state index in [9.17, 15) is 4.79 Å². The summed E-state index contributed by atoms with van der Waals surface area (Å²) in [5.41, 5.74) is -0.244. The molecule has 3 nitrogen and oxygen atoms in total. The summed E-state index contributed by atoms with van der Waals surface area (Å²) in [6.07, 6.45) is 0.832. The van der Waals surface area contributed by atoms with E-state index in [1.165, 1.54) is 0 Å². The van der Waals surface area contributed by atoms with Crippen molar-refractivity contribution < 1.29 is 9.53 Å². The maximum absolute atomic E-state index is 12.1. The quantitative estimate of drug-likeness (QED) is 0.613. The van der Waals surface area contributed by atoms with Crippen molar-refractivity contribution in [2.75, 3.05) is 6.61 Å². The molecular formula is C12H21NO2. The fourth-order valence-corrected chi connectivity index (χ4v) is 2.81. The van der Waals surface area contributed by atoms with E-state index in [1.807, 2.05) is 18.7 Å². The van der Waals surface area contributed by atoms with Crippen molar-refractivity contribution in [3.63, 3.8) is 0 Å². The molecule has 86 valence electrons. The number of rotatable bonds is 0. The number of hydrogen-bond acceptors (Lipinski definition) is 2. The van der Waals surface area contributed by atoms with Gasteiger partial charge in [0.15, 0.2) is 0 Å². The minimum atomic E-state index is -0.339. The van der Waals surface area contributed by atoms with Gasteiger partial charge in [-0.2, -0.15) is 0 Å². The number of amides is 1. The topological polar surface area (TPSA) is 29.5 Å². The van der Waals surface area contributed by atoms with Gasteiger partial charge >= 0.3 is 0 Å². The van der Waals surface area contributed by atoms with Gasteiger partial charge in [0.2, 0.25) is 5.91 Å². The van der Waals surface area contributed by atoms with Crippen molar-refractivity contribution >= 4 is 5.91 Å². The highest BCUT2D eigenvalue weighted by atomic mass is 16.5. The molecule has 2 fully saturated rings. The second-order valence-corrected chi connectivity index (χ2v) is 6.18. The van der Waals surface area contributed by atoms with Crippen LogP contribution in [0.3, 0.4) is 0 Å². The smallest absolute Gasteiger partial charge is 0.228 e. The highest BCUT2D eigenvalue weighted by Crippen LogP contribution is 2.45.